The second kappa shape index (κ2) is 5.97. The molecule has 0 radical (unpaired) electrons. The highest BCUT2D eigenvalue weighted by Gasteiger charge is 2.29. The topological polar surface area (TPSA) is 49.6 Å². The summed E-state index contributed by atoms with van der Waals surface area (Å²) in [5.41, 5.74) is 5.34. The lowest BCUT2D eigenvalue weighted by Gasteiger charge is -2.38. The van der Waals surface area contributed by atoms with Gasteiger partial charge in [0.1, 0.15) is 0 Å². The Morgan fingerprint density at radius 2 is 1.78 bits per heavy atom. The minimum atomic E-state index is -0.283. The predicted octanol–water partition coefficient (Wildman–Crippen LogP) is 1.10. The van der Waals surface area contributed by atoms with E-state index in [2.05, 4.69) is 11.8 Å². The first-order valence-corrected chi connectivity index (χ1v) is 6.93. The summed E-state index contributed by atoms with van der Waals surface area (Å²) in [5.74, 6) is 0.481. The minimum absolute atomic E-state index is 0.240. The van der Waals surface area contributed by atoms with Crippen molar-refractivity contribution in [2.75, 3.05) is 32.7 Å². The first kappa shape index (κ1) is 15.4. The molecule has 1 saturated heterocycles. The molecule has 1 aliphatic rings. The van der Waals surface area contributed by atoms with Gasteiger partial charge in [-0.3, -0.25) is 9.69 Å². The molecular weight excluding hydrogens is 246 g/mol. The van der Waals surface area contributed by atoms with Crippen LogP contribution in [0.25, 0.3) is 0 Å². The van der Waals surface area contributed by atoms with Crippen molar-refractivity contribution < 1.29 is 4.79 Å². The Balaban J connectivity index is 2.42. The van der Waals surface area contributed by atoms with E-state index in [1.165, 1.54) is 0 Å². The van der Waals surface area contributed by atoms with E-state index in [1.54, 1.807) is 0 Å². The molecule has 18 heavy (non-hydrogen) atoms. The minimum Gasteiger partial charge on any atom is -0.393 e. The van der Waals surface area contributed by atoms with E-state index in [4.69, 9.17) is 18.0 Å². The lowest BCUT2D eigenvalue weighted by atomic mass is 9.94. The third kappa shape index (κ3) is 4.21. The van der Waals surface area contributed by atoms with Crippen molar-refractivity contribution in [2.45, 2.75) is 27.7 Å². The lowest BCUT2D eigenvalue weighted by molar-refractivity contribution is -0.141. The lowest BCUT2D eigenvalue weighted by Crippen LogP contribution is -2.52. The first-order valence-electron chi connectivity index (χ1n) is 6.53. The molecular formula is C13H25N3OS. The second-order valence-corrected chi connectivity index (χ2v) is 6.62. The molecule has 1 aliphatic heterocycles. The SMILES string of the molecule is CC(CN1CCN(C(=O)C(C)(C)C)CC1)C(N)=S. The van der Waals surface area contributed by atoms with Crippen LogP contribution in [0, 0.1) is 11.3 Å². The van der Waals surface area contributed by atoms with Crippen LogP contribution < -0.4 is 5.73 Å². The summed E-state index contributed by atoms with van der Waals surface area (Å²) < 4.78 is 0. The van der Waals surface area contributed by atoms with Crippen LogP contribution in [0.5, 0.6) is 0 Å². The molecule has 0 bridgehead atoms. The van der Waals surface area contributed by atoms with Crippen LogP contribution in [0.3, 0.4) is 0 Å². The molecule has 0 aromatic carbocycles. The highest BCUT2D eigenvalue weighted by molar-refractivity contribution is 7.80. The van der Waals surface area contributed by atoms with Gasteiger partial charge in [-0.15, -0.1) is 0 Å². The van der Waals surface area contributed by atoms with Gasteiger partial charge in [-0.1, -0.05) is 39.9 Å². The van der Waals surface area contributed by atoms with E-state index in [0.29, 0.717) is 4.99 Å². The molecule has 5 heteroatoms. The summed E-state index contributed by atoms with van der Waals surface area (Å²) in [4.78, 5) is 17.0. The summed E-state index contributed by atoms with van der Waals surface area (Å²) in [7, 11) is 0. The Kier molecular flexibility index (Phi) is 5.10. The number of carbonyl (C=O) groups is 1. The predicted molar refractivity (Wildman–Crippen MR) is 78.4 cm³/mol. The van der Waals surface area contributed by atoms with Crippen LogP contribution in [0.1, 0.15) is 27.7 Å². The monoisotopic (exact) mass is 271 g/mol. The van der Waals surface area contributed by atoms with Gasteiger partial charge in [0.15, 0.2) is 0 Å². The Bertz CT molecular complexity index is 317. The number of hydrogen-bond donors (Lipinski definition) is 1. The van der Waals surface area contributed by atoms with Crippen molar-refractivity contribution >= 4 is 23.1 Å². The highest BCUT2D eigenvalue weighted by atomic mass is 32.1. The molecule has 1 rings (SSSR count). The summed E-state index contributed by atoms with van der Waals surface area (Å²) in [6.07, 6.45) is 0. The zero-order valence-electron chi connectivity index (χ0n) is 11.9. The molecule has 0 aromatic rings. The van der Waals surface area contributed by atoms with E-state index < -0.39 is 0 Å². The molecule has 104 valence electrons. The zero-order valence-corrected chi connectivity index (χ0v) is 12.7. The Morgan fingerprint density at radius 3 is 2.17 bits per heavy atom. The maximum absolute atomic E-state index is 12.1. The van der Waals surface area contributed by atoms with Gasteiger partial charge in [0.25, 0.3) is 0 Å². The van der Waals surface area contributed by atoms with E-state index >= 15 is 0 Å². The molecule has 1 heterocycles. The summed E-state index contributed by atoms with van der Waals surface area (Å²) >= 11 is 4.99. The van der Waals surface area contributed by atoms with Crippen molar-refractivity contribution in [2.24, 2.45) is 17.1 Å². The average molecular weight is 271 g/mol. The van der Waals surface area contributed by atoms with E-state index in [0.717, 1.165) is 32.7 Å². The van der Waals surface area contributed by atoms with Crippen LogP contribution in [-0.4, -0.2) is 53.4 Å². The van der Waals surface area contributed by atoms with Crippen LogP contribution in [0.2, 0.25) is 0 Å². The van der Waals surface area contributed by atoms with Crippen LogP contribution in [0.15, 0.2) is 0 Å². The van der Waals surface area contributed by atoms with Gasteiger partial charge >= 0.3 is 0 Å². The quantitative estimate of drug-likeness (QED) is 0.781. The van der Waals surface area contributed by atoms with Crippen molar-refractivity contribution in [3.63, 3.8) is 0 Å². The van der Waals surface area contributed by atoms with Crippen LogP contribution >= 0.6 is 12.2 Å². The Hall–Kier alpha value is -0.680. The smallest absolute Gasteiger partial charge is 0.228 e. The molecule has 0 saturated carbocycles. The fourth-order valence-corrected chi connectivity index (χ4v) is 2.16. The molecule has 1 atom stereocenters. The van der Waals surface area contributed by atoms with E-state index in [9.17, 15) is 4.79 Å². The molecule has 1 fully saturated rings. The van der Waals surface area contributed by atoms with Crippen molar-refractivity contribution in [3.05, 3.63) is 0 Å². The molecule has 1 unspecified atom stereocenters. The van der Waals surface area contributed by atoms with Crippen LogP contribution in [-0.2, 0) is 4.79 Å². The number of rotatable bonds is 3. The number of nitrogens with two attached hydrogens (primary N) is 1. The van der Waals surface area contributed by atoms with Gasteiger partial charge in [0.2, 0.25) is 5.91 Å². The molecule has 2 N–H and O–H groups in total. The maximum atomic E-state index is 12.1. The highest BCUT2D eigenvalue weighted by Crippen LogP contribution is 2.18. The van der Waals surface area contributed by atoms with Crippen LogP contribution in [0.4, 0.5) is 0 Å². The number of amides is 1. The van der Waals surface area contributed by atoms with Gasteiger partial charge in [-0.05, 0) is 0 Å². The van der Waals surface area contributed by atoms with Gasteiger partial charge in [-0.25, -0.2) is 0 Å². The molecule has 4 nitrogen and oxygen atoms in total. The fourth-order valence-electron chi connectivity index (χ4n) is 2.09. The molecule has 0 spiro atoms. The third-order valence-electron chi connectivity index (χ3n) is 3.32. The molecule has 0 aliphatic carbocycles. The Morgan fingerprint density at radius 1 is 1.28 bits per heavy atom. The normalized spacial score (nSPS) is 19.7. The molecule has 0 aromatic heterocycles. The van der Waals surface area contributed by atoms with Gasteiger partial charge < -0.3 is 10.6 Å². The Labute approximate surface area is 115 Å². The van der Waals surface area contributed by atoms with Crippen molar-refractivity contribution in [1.29, 1.82) is 0 Å². The fraction of sp³-hybridized carbons (Fsp3) is 0.846. The second-order valence-electron chi connectivity index (χ2n) is 6.15. The van der Waals surface area contributed by atoms with E-state index in [-0.39, 0.29) is 17.2 Å². The number of piperazine rings is 1. The molecule has 1 amide bonds. The first-order chi connectivity index (χ1) is 8.21. The third-order valence-corrected chi connectivity index (χ3v) is 3.72. The number of thiocarbonyl (C=S) groups is 1. The van der Waals surface area contributed by atoms with Gasteiger partial charge in [0, 0.05) is 44.1 Å². The van der Waals surface area contributed by atoms with E-state index in [1.807, 2.05) is 25.7 Å². The van der Waals surface area contributed by atoms with Gasteiger partial charge in [0.05, 0.1) is 4.99 Å². The standard InChI is InChI=1S/C13H25N3OS/c1-10(11(14)18)9-15-5-7-16(8-6-15)12(17)13(2,3)4/h10H,5-9H2,1-4H3,(H2,14,18). The number of hydrogen-bond acceptors (Lipinski definition) is 3. The summed E-state index contributed by atoms with van der Waals surface area (Å²) in [6, 6.07) is 0. The summed E-state index contributed by atoms with van der Waals surface area (Å²) in [6.45, 7) is 12.3. The van der Waals surface area contributed by atoms with Gasteiger partial charge in [-0.2, -0.15) is 0 Å². The average Bonchev–Trinajstić information content (AvgIpc) is 2.27. The zero-order chi connectivity index (χ0) is 13.9. The van der Waals surface area contributed by atoms with Crippen molar-refractivity contribution in [1.82, 2.24) is 9.80 Å². The largest absolute Gasteiger partial charge is 0.393 e. The number of carbonyl (C=O) groups excluding carboxylic acids is 1. The summed E-state index contributed by atoms with van der Waals surface area (Å²) in [5, 5.41) is 0. The maximum Gasteiger partial charge on any atom is 0.228 e. The number of nitrogens with zero attached hydrogens (tertiary/aromatic N) is 2. The van der Waals surface area contributed by atoms with Crippen molar-refractivity contribution in [3.8, 4) is 0 Å².